The normalized spacial score (nSPS) is 29.0. The van der Waals surface area contributed by atoms with Crippen molar-refractivity contribution in [2.24, 2.45) is 11.8 Å². The van der Waals surface area contributed by atoms with E-state index in [-0.39, 0.29) is 49.5 Å². The van der Waals surface area contributed by atoms with Crippen molar-refractivity contribution in [3.63, 3.8) is 0 Å². The van der Waals surface area contributed by atoms with Crippen LogP contribution in [0.15, 0.2) is 42.5 Å². The summed E-state index contributed by atoms with van der Waals surface area (Å²) in [6.45, 7) is 1.20. The van der Waals surface area contributed by atoms with E-state index in [9.17, 15) is 32.3 Å². The van der Waals surface area contributed by atoms with Crippen LogP contribution in [0, 0.1) is 17.7 Å². The van der Waals surface area contributed by atoms with Gasteiger partial charge in [0.2, 0.25) is 0 Å². The Morgan fingerprint density at radius 2 is 1.78 bits per heavy atom. The topological polar surface area (TPSA) is 79.3 Å². The van der Waals surface area contributed by atoms with E-state index in [1.54, 1.807) is 12.1 Å². The average molecular weight is 577 g/mol. The predicted molar refractivity (Wildman–Crippen MR) is 138 cm³/mol. The second-order valence-corrected chi connectivity index (χ2v) is 11.7. The third kappa shape index (κ3) is 5.41. The standard InChI is InChI=1S/C30H32F4N2O5/c31-22-6-1-18(2-7-22)24-10-12-35(15-25(24)27(37)38)23-9-11-29(41-16-23,20-3-4-20)28(39)36-14-19-13-21(30(32,33)34)5-8-26(19)40-17-36/h1-2,5-8,13,20,23-25H,3-4,9-12,14-17H2,(H,37,38)/t23-,24+,25-,29+/m1/s1. The number of benzene rings is 2. The Morgan fingerprint density at radius 3 is 2.41 bits per heavy atom. The van der Waals surface area contributed by atoms with Gasteiger partial charge in [-0.3, -0.25) is 14.5 Å². The first-order valence-corrected chi connectivity index (χ1v) is 14.0. The first-order chi connectivity index (χ1) is 19.5. The summed E-state index contributed by atoms with van der Waals surface area (Å²) in [6.07, 6.45) is -1.13. The van der Waals surface area contributed by atoms with E-state index in [4.69, 9.17) is 9.47 Å². The third-order valence-corrected chi connectivity index (χ3v) is 9.17. The van der Waals surface area contributed by atoms with Gasteiger partial charge in [-0.15, -0.1) is 0 Å². The lowest BCUT2D eigenvalue weighted by atomic mass is 9.79. The molecule has 3 fully saturated rings. The van der Waals surface area contributed by atoms with Gasteiger partial charge in [0.25, 0.3) is 5.91 Å². The number of carboxylic acids is 1. The van der Waals surface area contributed by atoms with Crippen molar-refractivity contribution in [1.29, 1.82) is 0 Å². The van der Waals surface area contributed by atoms with Gasteiger partial charge in [-0.1, -0.05) is 12.1 Å². The van der Waals surface area contributed by atoms with Crippen LogP contribution in [0.2, 0.25) is 0 Å². The molecule has 1 aliphatic carbocycles. The van der Waals surface area contributed by atoms with Gasteiger partial charge in [-0.2, -0.15) is 13.2 Å². The molecule has 0 spiro atoms. The molecule has 2 aromatic carbocycles. The fourth-order valence-corrected chi connectivity index (χ4v) is 6.77. The van der Waals surface area contributed by atoms with Crippen LogP contribution in [0.5, 0.6) is 5.75 Å². The minimum atomic E-state index is -4.49. The number of likely N-dealkylation sites (tertiary alicyclic amines) is 1. The summed E-state index contributed by atoms with van der Waals surface area (Å²) in [6, 6.07) is 9.25. The van der Waals surface area contributed by atoms with Crippen LogP contribution >= 0.6 is 0 Å². The van der Waals surface area contributed by atoms with E-state index in [1.165, 1.54) is 23.1 Å². The Balaban J connectivity index is 1.13. The van der Waals surface area contributed by atoms with E-state index >= 15 is 0 Å². The zero-order valence-corrected chi connectivity index (χ0v) is 22.4. The number of amides is 1. The quantitative estimate of drug-likeness (QED) is 0.503. The Hall–Kier alpha value is -3.18. The van der Waals surface area contributed by atoms with Gasteiger partial charge in [-0.25, -0.2) is 4.39 Å². The predicted octanol–water partition coefficient (Wildman–Crippen LogP) is 5.04. The highest BCUT2D eigenvalue weighted by molar-refractivity contribution is 5.86. The molecule has 41 heavy (non-hydrogen) atoms. The third-order valence-electron chi connectivity index (χ3n) is 9.17. The second-order valence-electron chi connectivity index (χ2n) is 11.7. The fourth-order valence-electron chi connectivity index (χ4n) is 6.77. The van der Waals surface area contributed by atoms with E-state index < -0.39 is 29.2 Å². The van der Waals surface area contributed by atoms with Gasteiger partial charge < -0.3 is 19.5 Å². The zero-order chi connectivity index (χ0) is 28.9. The highest BCUT2D eigenvalue weighted by Crippen LogP contribution is 2.49. The number of carboxylic acid groups (broad SMARTS) is 1. The summed E-state index contributed by atoms with van der Waals surface area (Å²) in [7, 11) is 0. The number of hydrogen-bond acceptors (Lipinski definition) is 5. The summed E-state index contributed by atoms with van der Waals surface area (Å²) < 4.78 is 65.3. The van der Waals surface area contributed by atoms with Crippen LogP contribution in [0.1, 0.15) is 54.7 Å². The summed E-state index contributed by atoms with van der Waals surface area (Å²) in [5.41, 5.74) is -0.727. The number of halogens is 4. The molecule has 1 amide bonds. The number of nitrogens with zero attached hydrogens (tertiary/aromatic N) is 2. The highest BCUT2D eigenvalue weighted by atomic mass is 19.4. The van der Waals surface area contributed by atoms with Crippen LogP contribution in [-0.2, 0) is 27.0 Å². The van der Waals surface area contributed by atoms with Gasteiger partial charge >= 0.3 is 12.1 Å². The number of alkyl halides is 3. The molecule has 220 valence electrons. The van der Waals surface area contributed by atoms with E-state index in [2.05, 4.69) is 4.90 Å². The molecule has 0 aromatic heterocycles. The molecule has 0 unspecified atom stereocenters. The van der Waals surface area contributed by atoms with Gasteiger partial charge in [0, 0.05) is 18.2 Å². The molecule has 2 aromatic rings. The molecule has 4 aliphatic rings. The first-order valence-electron chi connectivity index (χ1n) is 14.0. The number of carbonyl (C=O) groups excluding carboxylic acids is 1. The number of carbonyl (C=O) groups is 2. The zero-order valence-electron chi connectivity index (χ0n) is 22.4. The number of fused-ring (bicyclic) bond motifs is 1. The smallest absolute Gasteiger partial charge is 0.416 e. The minimum Gasteiger partial charge on any atom is -0.481 e. The number of rotatable bonds is 5. The maximum absolute atomic E-state index is 13.9. The SMILES string of the molecule is O=C(O)[C@@H]1CN([C@@H]2CC[C@@](C(=O)N3COc4ccc(C(F)(F)F)cc4C3)(C3CC3)OC2)CC[C@H]1c1ccc(F)cc1. The molecule has 1 N–H and O–H groups in total. The molecule has 3 aliphatic heterocycles. The van der Waals surface area contributed by atoms with Crippen LogP contribution in [0.3, 0.4) is 0 Å². The first kappa shape index (κ1) is 28.0. The lowest BCUT2D eigenvalue weighted by Crippen LogP contribution is -2.59. The molecule has 0 radical (unpaired) electrons. The van der Waals surface area contributed by atoms with Crippen molar-refractivity contribution in [2.45, 2.75) is 62.4 Å². The van der Waals surface area contributed by atoms with E-state index in [1.807, 2.05) is 0 Å². The van der Waals surface area contributed by atoms with Crippen LogP contribution in [0.25, 0.3) is 0 Å². The number of piperidine rings is 1. The summed E-state index contributed by atoms with van der Waals surface area (Å²) >= 11 is 0. The van der Waals surface area contributed by atoms with Crippen LogP contribution in [-0.4, -0.2) is 64.9 Å². The molecule has 3 heterocycles. The van der Waals surface area contributed by atoms with Crippen molar-refractivity contribution >= 4 is 11.9 Å². The van der Waals surface area contributed by atoms with Crippen LogP contribution in [0.4, 0.5) is 17.6 Å². The Bertz CT molecular complexity index is 1300. The second kappa shape index (κ2) is 10.6. The molecule has 7 nitrogen and oxygen atoms in total. The Labute approximate surface area is 235 Å². The lowest BCUT2D eigenvalue weighted by molar-refractivity contribution is -0.181. The largest absolute Gasteiger partial charge is 0.481 e. The molecule has 2 saturated heterocycles. The van der Waals surface area contributed by atoms with Crippen molar-refractivity contribution in [1.82, 2.24) is 9.80 Å². The summed E-state index contributed by atoms with van der Waals surface area (Å²) in [4.78, 5) is 29.6. The molecule has 4 atom stereocenters. The lowest BCUT2D eigenvalue weighted by Gasteiger charge is -2.47. The number of aliphatic carboxylic acids is 1. The summed E-state index contributed by atoms with van der Waals surface area (Å²) in [5.74, 6) is -2.03. The van der Waals surface area contributed by atoms with Gasteiger partial charge in [-0.05, 0) is 86.4 Å². The minimum absolute atomic E-state index is 0.0105. The number of ether oxygens (including phenoxy) is 2. The van der Waals surface area contributed by atoms with Crippen molar-refractivity contribution < 1.29 is 41.7 Å². The Morgan fingerprint density at radius 1 is 1.02 bits per heavy atom. The van der Waals surface area contributed by atoms with Crippen LogP contribution < -0.4 is 4.74 Å². The van der Waals surface area contributed by atoms with E-state index in [0.717, 1.165) is 30.5 Å². The number of hydrogen-bond donors (Lipinski definition) is 1. The maximum atomic E-state index is 13.9. The van der Waals surface area contributed by atoms with Crippen molar-refractivity contribution in [3.8, 4) is 5.75 Å². The average Bonchev–Trinajstić information content (AvgIpc) is 3.82. The van der Waals surface area contributed by atoms with Gasteiger partial charge in [0.15, 0.2) is 6.73 Å². The molecule has 0 bridgehead atoms. The fraction of sp³-hybridized carbons (Fsp3) is 0.533. The molecule has 6 rings (SSSR count). The van der Waals surface area contributed by atoms with Crippen molar-refractivity contribution in [2.75, 3.05) is 26.4 Å². The van der Waals surface area contributed by atoms with Gasteiger partial charge in [0.1, 0.15) is 17.2 Å². The molecule has 11 heteroatoms. The molecule has 1 saturated carbocycles. The maximum Gasteiger partial charge on any atom is 0.416 e. The molecular formula is C30H32F4N2O5. The summed E-state index contributed by atoms with van der Waals surface area (Å²) in [5, 5.41) is 10.00. The monoisotopic (exact) mass is 576 g/mol. The Kier molecular flexibility index (Phi) is 7.22. The van der Waals surface area contributed by atoms with E-state index in [0.29, 0.717) is 43.7 Å². The van der Waals surface area contributed by atoms with Gasteiger partial charge in [0.05, 0.1) is 24.6 Å². The molecular weight excluding hydrogens is 544 g/mol. The van der Waals surface area contributed by atoms with Crippen molar-refractivity contribution in [3.05, 3.63) is 65.0 Å². The highest BCUT2D eigenvalue weighted by Gasteiger charge is 2.56.